The van der Waals surface area contributed by atoms with Gasteiger partial charge in [0.05, 0.1) is 38.4 Å². The van der Waals surface area contributed by atoms with Gasteiger partial charge in [-0.1, -0.05) is 19.4 Å². The Kier molecular flexibility index (Phi) is 10.4. The number of aromatic nitrogens is 3. The first-order valence-electron chi connectivity index (χ1n) is 21.3. The van der Waals surface area contributed by atoms with Crippen LogP contribution in [0.5, 0.6) is 17.6 Å². The highest BCUT2D eigenvalue weighted by molar-refractivity contribution is 7.91. The summed E-state index contributed by atoms with van der Waals surface area (Å²) >= 11 is 0. The molecule has 59 heavy (non-hydrogen) atoms. The molecule has 2 aromatic heterocycles. The number of nitrogens with zero attached hydrogens (tertiary/aromatic N) is 5. The Bertz CT molecular complexity index is 2380. The van der Waals surface area contributed by atoms with E-state index in [9.17, 15) is 18.6 Å². The minimum Gasteiger partial charge on any atom is -0.508 e. The fourth-order valence-electron chi connectivity index (χ4n) is 11.6. The molecule has 2 unspecified atom stereocenters. The summed E-state index contributed by atoms with van der Waals surface area (Å²) in [5.41, 5.74) is -1.18. The number of aryl methyl sites for hydroxylation is 1. The second-order valence-electron chi connectivity index (χ2n) is 18.2. The Morgan fingerprint density at radius 3 is 2.53 bits per heavy atom. The quantitative estimate of drug-likeness (QED) is 0.207. The van der Waals surface area contributed by atoms with Gasteiger partial charge in [0.15, 0.2) is 15.7 Å². The molecule has 5 aliphatic rings. The number of aromatic hydroxyl groups is 1. The third kappa shape index (κ3) is 7.27. The predicted octanol–water partition coefficient (Wildman–Crippen LogP) is 6.60. The Morgan fingerprint density at radius 1 is 1.00 bits per heavy atom. The van der Waals surface area contributed by atoms with E-state index in [-0.39, 0.29) is 94.8 Å². The van der Waals surface area contributed by atoms with Gasteiger partial charge in [0.2, 0.25) is 5.88 Å². The van der Waals surface area contributed by atoms with E-state index < -0.39 is 27.1 Å². The maximum Gasteiger partial charge on any atom is 0.319 e. The number of hydrogen-bond acceptors (Lipinski definition) is 12. The highest BCUT2D eigenvalue weighted by Gasteiger charge is 2.53. The van der Waals surface area contributed by atoms with Crippen molar-refractivity contribution < 1.29 is 41.6 Å². The number of sulfone groups is 1. The normalized spacial score (nSPS) is 31.2. The maximum atomic E-state index is 17.6. The molecule has 0 amide bonds. The molecule has 5 heterocycles. The van der Waals surface area contributed by atoms with Crippen LogP contribution in [0.15, 0.2) is 24.3 Å². The number of rotatable bonds is 7. The molecule has 0 bridgehead atoms. The molecule has 318 valence electrons. The van der Waals surface area contributed by atoms with Crippen LogP contribution < -0.4 is 14.4 Å². The number of anilines is 1. The highest BCUT2D eigenvalue weighted by atomic mass is 32.2. The summed E-state index contributed by atoms with van der Waals surface area (Å²) in [5, 5.41) is 23.3. The molecule has 0 radical (unpaired) electrons. The molecule has 7 atom stereocenters. The largest absolute Gasteiger partial charge is 0.508 e. The number of ether oxygens (including phenoxy) is 3. The summed E-state index contributed by atoms with van der Waals surface area (Å²) < 4.78 is 76.4. The Hall–Kier alpha value is -3.92. The van der Waals surface area contributed by atoms with Gasteiger partial charge < -0.3 is 29.3 Å². The van der Waals surface area contributed by atoms with Gasteiger partial charge in [0.25, 0.3) is 0 Å². The number of pyridine rings is 1. The fourth-order valence-corrected chi connectivity index (χ4v) is 13.8. The summed E-state index contributed by atoms with van der Waals surface area (Å²) in [7, 11) is -1.54. The van der Waals surface area contributed by atoms with Gasteiger partial charge in [-0.25, -0.2) is 22.2 Å². The molecule has 3 aliphatic heterocycles. The third-order valence-corrected chi connectivity index (χ3v) is 16.0. The maximum absolute atomic E-state index is 17.6. The van der Waals surface area contributed by atoms with Crippen LogP contribution in [0.2, 0.25) is 0 Å². The lowest BCUT2D eigenvalue weighted by Crippen LogP contribution is -2.61. The van der Waals surface area contributed by atoms with Crippen molar-refractivity contribution in [2.75, 3.05) is 56.4 Å². The number of likely N-dealkylation sites (tertiary alicyclic amines) is 1. The molecule has 2 aromatic carbocycles. The van der Waals surface area contributed by atoms with E-state index >= 15 is 8.78 Å². The highest BCUT2D eigenvalue weighted by Crippen LogP contribution is 2.50. The van der Waals surface area contributed by atoms with Crippen LogP contribution >= 0.6 is 0 Å². The lowest BCUT2D eigenvalue weighted by molar-refractivity contribution is -0.0662. The number of β-amino-alcohol motifs (C(OH)–C–C–N with tert-alkyl or cyclic N) is 1. The van der Waals surface area contributed by atoms with E-state index in [0.717, 1.165) is 57.9 Å². The number of hydrogen-bond donors (Lipinski definition) is 2. The van der Waals surface area contributed by atoms with Crippen molar-refractivity contribution in [1.82, 2.24) is 19.9 Å². The summed E-state index contributed by atoms with van der Waals surface area (Å²) in [4.78, 5) is 19.0. The molecule has 3 saturated heterocycles. The minimum absolute atomic E-state index is 0.0107. The number of aliphatic hydroxyl groups is 1. The van der Waals surface area contributed by atoms with Crippen molar-refractivity contribution in [3.8, 4) is 28.9 Å². The number of halogens is 2. The number of methoxy groups -OCH3 is 1. The first-order chi connectivity index (χ1) is 28.2. The number of benzene rings is 2. The van der Waals surface area contributed by atoms with Crippen LogP contribution in [0.3, 0.4) is 0 Å². The minimum atomic E-state index is -2.97. The summed E-state index contributed by atoms with van der Waals surface area (Å²) in [6.07, 6.45) is 7.46. The number of piperidine rings is 1. The molecule has 5 fully saturated rings. The van der Waals surface area contributed by atoms with E-state index in [1.807, 2.05) is 11.8 Å². The predicted molar refractivity (Wildman–Crippen MR) is 221 cm³/mol. The average molecular weight is 836 g/mol. The van der Waals surface area contributed by atoms with Crippen molar-refractivity contribution in [3.63, 3.8) is 0 Å². The smallest absolute Gasteiger partial charge is 0.319 e. The lowest BCUT2D eigenvalue weighted by atomic mass is 9.72. The molecule has 2 saturated carbocycles. The molecule has 0 spiro atoms. The zero-order valence-electron chi connectivity index (χ0n) is 34.3. The molecule has 12 nitrogen and oxygen atoms in total. The fraction of sp³-hybridized carbons (Fsp3) is 0.614. The monoisotopic (exact) mass is 835 g/mol. The molecule has 4 aromatic rings. The first-order valence-corrected chi connectivity index (χ1v) is 23.1. The third-order valence-electron chi connectivity index (χ3n) is 14.1. The molecule has 2 N–H and O–H groups in total. The second kappa shape index (κ2) is 15.2. The van der Waals surface area contributed by atoms with Crippen LogP contribution in [-0.4, -0.2) is 113 Å². The number of phenolic OH excluding ortho intramolecular Hbond substituents is 1. The standard InChI is InChI=1S/C44H55F2N5O7S/c1-5-30-33(45)12-11-25-19-29(52)20-31(35(25)30)38-37(46)39-36(41(47-38)56-4)40(50-15-16-57-24-43(2,53)23-50)49-42(48-39)58-34-10-6-7-13-44(3)32(34)9-8-14-51(44)28-17-26-21-59(54,55)22-27(26)18-28/h11-12,19-20,26-28,32,34,52-53H,5-10,13-18,21-24H2,1-4H3/t26-,27+,28?,32-,34?,43+,44-/m1/s1. The summed E-state index contributed by atoms with van der Waals surface area (Å²) in [6.45, 7) is 7.62. The van der Waals surface area contributed by atoms with Crippen molar-refractivity contribution in [3.05, 3.63) is 41.5 Å². The van der Waals surface area contributed by atoms with Crippen molar-refractivity contribution in [2.45, 2.75) is 102 Å². The first kappa shape index (κ1) is 40.5. The second-order valence-corrected chi connectivity index (χ2v) is 20.4. The molecule has 9 rings (SSSR count). The van der Waals surface area contributed by atoms with Gasteiger partial charge in [-0.15, -0.1) is 0 Å². The van der Waals surface area contributed by atoms with Gasteiger partial charge in [-0.2, -0.15) is 9.97 Å². The van der Waals surface area contributed by atoms with E-state index in [1.165, 1.54) is 25.3 Å². The zero-order valence-corrected chi connectivity index (χ0v) is 35.2. The van der Waals surface area contributed by atoms with Crippen LogP contribution in [0.1, 0.15) is 77.7 Å². The lowest BCUT2D eigenvalue weighted by Gasteiger charge is -2.54. The van der Waals surface area contributed by atoms with Gasteiger partial charge in [-0.3, -0.25) is 4.90 Å². The van der Waals surface area contributed by atoms with Crippen LogP contribution in [-0.2, 0) is 21.0 Å². The van der Waals surface area contributed by atoms with Crippen molar-refractivity contribution in [2.24, 2.45) is 17.8 Å². The van der Waals surface area contributed by atoms with Gasteiger partial charge in [0, 0.05) is 29.6 Å². The SMILES string of the molecule is CCc1c(F)ccc2cc(O)cc(-c3nc(OC)c4c(N5CCOC[C@@](C)(O)C5)nc(OC5CCCC[C@]6(C)[C@@H]5CCCN6C5C[C@@H]6CS(=O)(=O)C[C@@H]6C5)nc4c3F)c12. The molecular weight excluding hydrogens is 781 g/mol. The van der Waals surface area contributed by atoms with E-state index in [2.05, 4.69) is 16.8 Å². The molecule has 15 heteroatoms. The van der Waals surface area contributed by atoms with Crippen LogP contribution in [0.4, 0.5) is 14.6 Å². The van der Waals surface area contributed by atoms with Gasteiger partial charge >= 0.3 is 6.01 Å². The van der Waals surface area contributed by atoms with Crippen LogP contribution in [0.25, 0.3) is 32.9 Å². The number of phenols is 1. The Labute approximate surface area is 344 Å². The van der Waals surface area contributed by atoms with Crippen molar-refractivity contribution in [1.29, 1.82) is 0 Å². The molecular formula is C44H55F2N5O7S. The topological polar surface area (TPSA) is 147 Å². The van der Waals surface area contributed by atoms with Crippen LogP contribution in [0, 0.1) is 29.4 Å². The van der Waals surface area contributed by atoms with E-state index in [1.54, 1.807) is 13.0 Å². The Morgan fingerprint density at radius 2 is 1.78 bits per heavy atom. The average Bonchev–Trinajstić information content (AvgIpc) is 3.55. The van der Waals surface area contributed by atoms with Gasteiger partial charge in [0.1, 0.15) is 45.7 Å². The van der Waals surface area contributed by atoms with Crippen molar-refractivity contribution >= 4 is 37.3 Å². The summed E-state index contributed by atoms with van der Waals surface area (Å²) in [6, 6.07) is 6.10. The van der Waals surface area contributed by atoms with E-state index in [0.29, 0.717) is 46.8 Å². The van der Waals surface area contributed by atoms with E-state index in [4.69, 9.17) is 24.2 Å². The zero-order chi connectivity index (χ0) is 41.4. The number of fused-ring (bicyclic) bond motifs is 4. The molecule has 2 aliphatic carbocycles. The Balaban J connectivity index is 1.16. The summed E-state index contributed by atoms with van der Waals surface area (Å²) in [5.74, 6) is 0.0566. The van der Waals surface area contributed by atoms with Gasteiger partial charge in [-0.05, 0) is 118 Å².